The number of hydrogen-bond donors (Lipinski definition) is 1. The van der Waals surface area contributed by atoms with Gasteiger partial charge in [-0.05, 0) is 193 Å². The summed E-state index contributed by atoms with van der Waals surface area (Å²) < 4.78 is 64.4. The Labute approximate surface area is 466 Å². The van der Waals surface area contributed by atoms with E-state index < -0.39 is 49.2 Å². The minimum atomic E-state index is -4.77. The fourth-order valence-corrected chi connectivity index (χ4v) is 23.6. The van der Waals surface area contributed by atoms with E-state index in [4.69, 9.17) is 18.9 Å². The van der Waals surface area contributed by atoms with Crippen molar-refractivity contribution in [2.24, 2.45) is 118 Å². The van der Waals surface area contributed by atoms with Gasteiger partial charge in [0.25, 0.3) is 0 Å². The molecule has 2 N–H and O–H groups in total. The molecule has 9 nitrogen and oxygen atoms in total. The molecule has 0 unspecified atom stereocenters. The molecule has 8 saturated carbocycles. The molecular formula is C65H94F3N3O6S. The summed E-state index contributed by atoms with van der Waals surface area (Å²) in [6.45, 7) is 47.2. The van der Waals surface area contributed by atoms with Gasteiger partial charge in [-0.2, -0.15) is 13.2 Å². The molecule has 16 atom stereocenters. The van der Waals surface area contributed by atoms with E-state index in [1.54, 1.807) is 0 Å². The number of hydrogen-bond acceptors (Lipinski definition) is 7. The molecule has 8 fully saturated rings. The number of allylic oxidation sites excluding steroid dienone is 4. The van der Waals surface area contributed by atoms with Crippen molar-refractivity contribution >= 4 is 33.0 Å². The first-order chi connectivity index (χ1) is 35.6. The SMILES string of the molecule is [C-]#[N+]C1=C[C@]2(C)[C@H]3CC(=O)[C@@H]4[C@@H]5CC(C)(C)CC[C@]5(CCS(=O)(=O)CC(F)(F)F)CC[C@@]4(C)[C@]3(C)CC[C@H]2C(C)(C)C1=O.[C-]#[N+]C1=C[C@]2(C)[C@H]3CC(=O)[C@@H]4[C@@H]5CC(C)(C)CC[C@]5(CN)CC[C@@]4(C)[C@]3(C)CC[C@H]2C(C)(C)C1=O. The van der Waals surface area contributed by atoms with E-state index in [2.05, 4.69) is 78.9 Å². The van der Waals surface area contributed by atoms with Crippen molar-refractivity contribution in [3.63, 3.8) is 0 Å². The molecule has 10 aliphatic carbocycles. The van der Waals surface area contributed by atoms with Gasteiger partial charge in [0.15, 0.2) is 21.4 Å². The number of nitrogens with zero attached hydrogens (tertiary/aromatic N) is 2. The van der Waals surface area contributed by atoms with Crippen LogP contribution < -0.4 is 5.73 Å². The molecule has 0 heterocycles. The largest absolute Gasteiger partial charge is 0.402 e. The van der Waals surface area contributed by atoms with Crippen LogP contribution in [0.1, 0.15) is 206 Å². The number of nitrogens with two attached hydrogens (primary N) is 1. The van der Waals surface area contributed by atoms with Crippen molar-refractivity contribution in [2.75, 3.05) is 18.1 Å². The summed E-state index contributed by atoms with van der Waals surface area (Å²) in [7, 11) is -4.33. The van der Waals surface area contributed by atoms with Crippen LogP contribution in [0.25, 0.3) is 9.69 Å². The highest BCUT2D eigenvalue weighted by Crippen LogP contribution is 2.78. The first-order valence-corrected chi connectivity index (χ1v) is 31.7. The number of rotatable bonds is 5. The zero-order valence-corrected chi connectivity index (χ0v) is 50.7. The Balaban J connectivity index is 0.000000193. The summed E-state index contributed by atoms with van der Waals surface area (Å²) in [5.74, 6) is -1.49. The van der Waals surface area contributed by atoms with Crippen LogP contribution in [0, 0.1) is 125 Å². The predicted octanol–water partition coefficient (Wildman–Crippen LogP) is 14.6. The van der Waals surface area contributed by atoms with Crippen LogP contribution >= 0.6 is 0 Å². The Bertz CT molecular complexity index is 2830. The van der Waals surface area contributed by atoms with E-state index in [0.717, 1.165) is 77.0 Å². The number of sulfone groups is 1. The second-order valence-electron chi connectivity index (χ2n) is 32.2. The lowest BCUT2D eigenvalue weighted by Gasteiger charge is -2.72. The topological polar surface area (TPSA) is 137 Å². The van der Waals surface area contributed by atoms with Crippen LogP contribution in [0.2, 0.25) is 0 Å². The van der Waals surface area contributed by atoms with Crippen LogP contribution in [0.4, 0.5) is 13.2 Å². The van der Waals surface area contributed by atoms with E-state index in [1.165, 1.54) is 6.42 Å². The summed E-state index contributed by atoms with van der Waals surface area (Å²) in [5, 5.41) is 0. The van der Waals surface area contributed by atoms with Crippen LogP contribution in [-0.4, -0.2) is 55.8 Å². The van der Waals surface area contributed by atoms with E-state index >= 15 is 0 Å². The first kappa shape index (κ1) is 59.5. The van der Waals surface area contributed by atoms with Gasteiger partial charge in [-0.25, -0.2) is 18.1 Å². The number of carbonyl (C=O) groups is 4. The van der Waals surface area contributed by atoms with Crippen LogP contribution in [-0.2, 0) is 29.0 Å². The second kappa shape index (κ2) is 18.2. The van der Waals surface area contributed by atoms with Crippen molar-refractivity contribution in [1.82, 2.24) is 0 Å². The number of carbonyl (C=O) groups excluding carboxylic acids is 4. The monoisotopic (exact) mass is 1100 g/mol. The molecule has 0 amide bonds. The highest BCUT2D eigenvalue weighted by molar-refractivity contribution is 7.91. The van der Waals surface area contributed by atoms with Crippen molar-refractivity contribution in [1.29, 1.82) is 0 Å². The maximum atomic E-state index is 14.6. The average molecular weight is 1100 g/mol. The third-order valence-corrected chi connectivity index (χ3v) is 28.5. The molecule has 0 radical (unpaired) electrons. The lowest BCUT2D eigenvalue weighted by atomic mass is 9.31. The number of ketones is 4. The van der Waals surface area contributed by atoms with Crippen LogP contribution in [0.3, 0.4) is 0 Å². The molecule has 10 rings (SSSR count). The Kier molecular flexibility index (Phi) is 13.9. The molecule has 432 valence electrons. The molecular weight excluding hydrogens is 1010 g/mol. The lowest BCUT2D eigenvalue weighted by molar-refractivity contribution is -0.223. The number of Topliss-reactive ketones (excluding diaryl/α,β-unsaturated/α-hetero) is 4. The minimum Gasteiger partial charge on any atom is -0.330 e. The first-order valence-electron chi connectivity index (χ1n) is 29.9. The Morgan fingerprint density at radius 1 is 0.551 bits per heavy atom. The fourth-order valence-electron chi connectivity index (χ4n) is 22.2. The number of alkyl halides is 3. The van der Waals surface area contributed by atoms with Gasteiger partial charge in [0.1, 0.15) is 17.3 Å². The predicted molar refractivity (Wildman–Crippen MR) is 298 cm³/mol. The standard InChI is InChI=1S/C34H48F3NO4S.C31H46N2O2/c1-28(2)11-13-33(15-16-43(41,42)20-34(35,36)37)14-12-32(7)26(21(33)18-28)23(39)17-25-30(5)19-22(38-8)27(40)29(3,4)24(30)9-10-31(25,32)6;1-26(2)11-13-31(18-32)14-12-30(7)24(19(31)16-26)21(34)15-23-28(5)17-20(33-8)25(35)27(3,4)22(28)9-10-29(23,30)6/h19,21,24-26H,9-18,20H2,1-7H3;17,19,22-24H,9-16,18,32H2,1-7H3/t21-,24-,25+,26-,30-,31+,32+,33+;19-,22-,23+,24-,28-,29+,30+,31+/m00/s1. The molecule has 0 spiro atoms. The van der Waals surface area contributed by atoms with Gasteiger partial charge in [-0.3, -0.25) is 9.59 Å². The van der Waals surface area contributed by atoms with Crippen LogP contribution in [0.15, 0.2) is 23.5 Å². The highest BCUT2D eigenvalue weighted by Gasteiger charge is 2.74. The summed E-state index contributed by atoms with van der Waals surface area (Å²) in [5.41, 5.74) is 4.00. The maximum absolute atomic E-state index is 14.6. The van der Waals surface area contributed by atoms with Gasteiger partial charge in [0.2, 0.25) is 11.4 Å². The van der Waals surface area contributed by atoms with Crippen molar-refractivity contribution in [3.8, 4) is 0 Å². The Hall–Kier alpha value is -3.16. The van der Waals surface area contributed by atoms with Crippen molar-refractivity contribution < 1.29 is 40.8 Å². The molecule has 0 aliphatic heterocycles. The molecule has 0 aromatic rings. The highest BCUT2D eigenvalue weighted by atomic mass is 32.2. The molecule has 10 aliphatic rings. The summed E-state index contributed by atoms with van der Waals surface area (Å²) in [6, 6.07) is 0. The zero-order valence-electron chi connectivity index (χ0n) is 49.9. The van der Waals surface area contributed by atoms with Gasteiger partial charge in [0, 0.05) is 35.5 Å². The lowest BCUT2D eigenvalue weighted by Crippen LogP contribution is -2.69. The molecule has 13 heteroatoms. The molecule has 0 bridgehead atoms. The normalized spacial score (nSPS) is 46.6. The average Bonchev–Trinajstić information content (AvgIpc) is 3.39. The van der Waals surface area contributed by atoms with E-state index in [1.807, 2.05) is 39.8 Å². The molecule has 78 heavy (non-hydrogen) atoms. The second-order valence-corrected chi connectivity index (χ2v) is 34.4. The zero-order chi connectivity index (χ0) is 58.1. The van der Waals surface area contributed by atoms with Crippen LogP contribution in [0.5, 0.6) is 0 Å². The van der Waals surface area contributed by atoms with Gasteiger partial charge in [0.05, 0.1) is 18.9 Å². The van der Waals surface area contributed by atoms with Crippen molar-refractivity contribution in [3.05, 3.63) is 46.4 Å². The number of halogens is 3. The Morgan fingerprint density at radius 3 is 1.31 bits per heavy atom. The maximum Gasteiger partial charge on any atom is 0.402 e. The third kappa shape index (κ3) is 8.46. The minimum absolute atomic E-state index is 0.000714. The van der Waals surface area contributed by atoms with E-state index in [9.17, 15) is 40.8 Å². The van der Waals surface area contributed by atoms with E-state index in [-0.39, 0.29) is 120 Å². The quantitative estimate of drug-likeness (QED) is 0.271. The molecule has 0 saturated heterocycles. The van der Waals surface area contributed by atoms with E-state index in [0.29, 0.717) is 37.5 Å². The summed E-state index contributed by atoms with van der Waals surface area (Å²) in [6.07, 6.45) is 13.3. The Morgan fingerprint density at radius 2 is 0.923 bits per heavy atom. The molecule has 0 aromatic heterocycles. The van der Waals surface area contributed by atoms with Gasteiger partial charge in [-0.1, -0.05) is 109 Å². The summed E-state index contributed by atoms with van der Waals surface area (Å²) >= 11 is 0. The fraction of sp³-hybridized carbons (Fsp3) is 0.846. The smallest absolute Gasteiger partial charge is 0.330 e. The summed E-state index contributed by atoms with van der Waals surface area (Å²) in [4.78, 5) is 62.8. The van der Waals surface area contributed by atoms with Gasteiger partial charge >= 0.3 is 6.18 Å². The van der Waals surface area contributed by atoms with Gasteiger partial charge in [-0.15, -0.1) is 0 Å². The van der Waals surface area contributed by atoms with Crippen molar-refractivity contribution in [2.45, 2.75) is 212 Å². The third-order valence-electron chi connectivity index (χ3n) is 27.0. The number of fused-ring (bicyclic) bond motifs is 14. The van der Waals surface area contributed by atoms with Gasteiger partial charge < -0.3 is 15.3 Å². The molecule has 0 aromatic carbocycles.